The molecule has 794 valence electrons. The van der Waals surface area contributed by atoms with Crippen LogP contribution in [0.25, 0.3) is 0 Å². The molecule has 0 bridgehead atoms. The van der Waals surface area contributed by atoms with Crippen molar-refractivity contribution in [2.75, 3.05) is 0 Å². The Bertz CT molecular complexity index is 2040. The maximum absolute atomic E-state index is 2.43. The molecule has 0 aromatic rings. The summed E-state index contributed by atoms with van der Waals surface area (Å²) >= 11 is 0. The first-order valence-electron chi connectivity index (χ1n) is 59.3. The van der Waals surface area contributed by atoms with Crippen LogP contribution in [-0.4, -0.2) is 0 Å². The summed E-state index contributed by atoms with van der Waals surface area (Å²) in [5, 5.41) is 0. The van der Waals surface area contributed by atoms with Gasteiger partial charge in [-0.2, -0.15) is 0 Å². The lowest BCUT2D eigenvalue weighted by Gasteiger charge is -2.31. The van der Waals surface area contributed by atoms with E-state index in [-0.39, 0.29) is 0 Å². The molecule has 0 radical (unpaired) electrons. The first kappa shape index (κ1) is 149. The molecule has 0 aliphatic rings. The summed E-state index contributed by atoms with van der Waals surface area (Å²) in [5.74, 6) is 10.0. The van der Waals surface area contributed by atoms with E-state index < -0.39 is 0 Å². The standard InChI is InChI=1S/C22H46.C17H36.2C14H30.2C12H26.C11H24.C10H22.C9H20.C8H18/c1-6-8-10-12-14-16-18-21(20-22(3,4)5)19-17-15-13-11-9-7-2;1-6-8-10-12-14-16(17(3,4)5)15-13-11-9-7-2;1-12(2)8-7-9-13(3)10-11-14(4,5)6;1-6-8-10-13(11-9-7-2)12-14(3,4)5;1-6-7-8-9-10-11(2)12(3,4)5;1-6-8-9-11(7-2)10-12(3,4)5;1-6-8-9-10(7-2)11(3,4)5;1-6-7-8-9(2)10(3,4)5;1-6-7-8(2)9(3,4)5;1-6-7(2)8(3,4)5/h21H,6-20H2,1-5H3;16H,6-15H2,1-5H3;12-13H,7-11H2,1-6H3;13H,6-12H2,1-5H3;2*11H,6-10H2,1-5H3;10H,6-9H2,1-5H3;9H,6-8H2,1-5H3;8H,6-7H2,1-5H3;7H,6H2,1-5H3. The Balaban J connectivity index is -0.000000154. The van der Waals surface area contributed by atoms with Gasteiger partial charge in [0.15, 0.2) is 0 Å². The van der Waals surface area contributed by atoms with Crippen LogP contribution in [-0.2, 0) is 0 Å². The molecular formula is C129H278. The lowest BCUT2D eigenvalue weighted by Crippen LogP contribution is -2.20. The third-order valence-electron chi connectivity index (χ3n) is 29.4. The van der Waals surface area contributed by atoms with Gasteiger partial charge in [-0.1, -0.05) is 674 Å². The Morgan fingerprint density at radius 2 is 0.395 bits per heavy atom. The van der Waals surface area contributed by atoms with Crippen molar-refractivity contribution in [3.63, 3.8) is 0 Å². The third-order valence-corrected chi connectivity index (χ3v) is 29.4. The molecule has 0 spiro atoms. The van der Waals surface area contributed by atoms with Gasteiger partial charge in [0.25, 0.3) is 0 Å². The second kappa shape index (κ2) is 91.8. The smallest absolute Gasteiger partial charge is 0.0354 e. The van der Waals surface area contributed by atoms with Gasteiger partial charge in [0.2, 0.25) is 0 Å². The van der Waals surface area contributed by atoms with Crippen molar-refractivity contribution < 1.29 is 0 Å². The van der Waals surface area contributed by atoms with Crippen LogP contribution in [0.15, 0.2) is 0 Å². The molecule has 0 fully saturated rings. The van der Waals surface area contributed by atoms with Gasteiger partial charge >= 0.3 is 0 Å². The summed E-state index contributed by atoms with van der Waals surface area (Å²) in [7, 11) is 0. The maximum atomic E-state index is 2.43. The molecule has 129 heavy (non-hydrogen) atoms. The van der Waals surface area contributed by atoms with Crippen LogP contribution >= 0.6 is 0 Å². The molecule has 0 amide bonds. The van der Waals surface area contributed by atoms with Crippen molar-refractivity contribution in [1.29, 1.82) is 0 Å². The quantitative estimate of drug-likeness (QED) is 0.0533. The van der Waals surface area contributed by atoms with E-state index in [9.17, 15) is 0 Å². The minimum Gasteiger partial charge on any atom is -0.0654 e. The molecule has 0 N–H and O–H groups in total. The van der Waals surface area contributed by atoms with Crippen molar-refractivity contribution in [2.45, 2.75) is 719 Å². The molecular weight excluding hydrogens is 1550 g/mol. The molecule has 7 atom stereocenters. The van der Waals surface area contributed by atoms with Crippen LogP contribution in [0, 0.1) is 119 Å². The maximum Gasteiger partial charge on any atom is -0.0354 e. The topological polar surface area (TPSA) is 0 Å². The molecule has 0 aliphatic carbocycles. The number of hydrogen-bond donors (Lipinski definition) is 0. The van der Waals surface area contributed by atoms with E-state index in [1.807, 2.05) is 0 Å². The summed E-state index contributed by atoms with van der Waals surface area (Å²) in [6, 6.07) is 0. The Morgan fingerprint density at radius 3 is 0.643 bits per heavy atom. The van der Waals surface area contributed by atoms with Gasteiger partial charge < -0.3 is 0 Å². The Kier molecular flexibility index (Phi) is 106. The van der Waals surface area contributed by atoms with Crippen LogP contribution < -0.4 is 0 Å². The lowest BCUT2D eigenvalue weighted by molar-refractivity contribution is 0.201. The van der Waals surface area contributed by atoms with Crippen LogP contribution in [0.1, 0.15) is 719 Å². The highest BCUT2D eigenvalue weighted by atomic mass is 14.3. The normalized spacial score (nSPS) is 14.0. The minimum atomic E-state index is 0.506. The summed E-state index contributed by atoms with van der Waals surface area (Å²) in [4.78, 5) is 0. The monoisotopic (exact) mass is 1830 g/mol. The van der Waals surface area contributed by atoms with Crippen molar-refractivity contribution in [2.24, 2.45) is 119 Å². The molecule has 7 unspecified atom stereocenters. The average molecular weight is 1830 g/mol. The minimum absolute atomic E-state index is 0.506. The van der Waals surface area contributed by atoms with Crippen LogP contribution in [0.4, 0.5) is 0 Å². The van der Waals surface area contributed by atoms with Crippen molar-refractivity contribution >= 4 is 0 Å². The zero-order chi connectivity index (χ0) is 103. The van der Waals surface area contributed by atoms with E-state index >= 15 is 0 Å². The van der Waals surface area contributed by atoms with Gasteiger partial charge in [0.05, 0.1) is 0 Å². The number of unbranched alkanes of at least 4 members (excludes halogenated alkanes) is 24. The molecule has 0 nitrogen and oxygen atoms in total. The van der Waals surface area contributed by atoms with Crippen LogP contribution in [0.5, 0.6) is 0 Å². The lowest BCUT2D eigenvalue weighted by atomic mass is 9.75. The molecule has 0 aromatic heterocycles. The molecule has 0 saturated heterocycles. The fourth-order valence-corrected chi connectivity index (χ4v) is 17.4. The zero-order valence-corrected chi connectivity index (χ0v) is 103. The van der Waals surface area contributed by atoms with Crippen molar-refractivity contribution in [1.82, 2.24) is 0 Å². The Morgan fingerprint density at radius 1 is 0.155 bits per heavy atom. The molecule has 0 heterocycles. The van der Waals surface area contributed by atoms with Gasteiger partial charge in [-0.25, -0.2) is 0 Å². The van der Waals surface area contributed by atoms with Crippen molar-refractivity contribution in [3.8, 4) is 0 Å². The van der Waals surface area contributed by atoms with E-state index in [0.717, 1.165) is 65.1 Å². The van der Waals surface area contributed by atoms with Crippen LogP contribution in [0.2, 0.25) is 0 Å². The molecule has 0 saturated carbocycles. The van der Waals surface area contributed by atoms with Gasteiger partial charge in [-0.05, 0) is 164 Å². The molecule has 0 heteroatoms. The summed E-state index contributed by atoms with van der Waals surface area (Å²) in [6.07, 6.45) is 80.4. The fraction of sp³-hybridized carbons (Fsp3) is 1.00. The average Bonchev–Trinajstić information content (AvgIpc) is 0.903. The largest absolute Gasteiger partial charge is 0.0654 e. The van der Waals surface area contributed by atoms with Gasteiger partial charge in [0.1, 0.15) is 0 Å². The van der Waals surface area contributed by atoms with E-state index in [1.165, 1.54) is 366 Å². The number of hydrogen-bond acceptors (Lipinski definition) is 0. The summed E-state index contributed by atoms with van der Waals surface area (Å²) in [6.45, 7) is 119. The van der Waals surface area contributed by atoms with Gasteiger partial charge in [-0.15, -0.1) is 0 Å². The van der Waals surface area contributed by atoms with Crippen LogP contribution in [0.3, 0.4) is 0 Å². The predicted octanol–water partition coefficient (Wildman–Crippen LogP) is 49.8. The third kappa shape index (κ3) is 128. The highest BCUT2D eigenvalue weighted by molar-refractivity contribution is 4.78. The molecule has 0 rings (SSSR count). The fourth-order valence-electron chi connectivity index (χ4n) is 17.4. The second-order valence-corrected chi connectivity index (χ2v) is 55.0. The van der Waals surface area contributed by atoms with E-state index in [0.29, 0.717) is 54.1 Å². The Hall–Kier alpha value is 0. The second-order valence-electron chi connectivity index (χ2n) is 55.0. The number of rotatable bonds is 58. The van der Waals surface area contributed by atoms with E-state index in [4.69, 9.17) is 0 Å². The van der Waals surface area contributed by atoms with Crippen molar-refractivity contribution in [3.05, 3.63) is 0 Å². The first-order chi connectivity index (χ1) is 59.3. The predicted molar refractivity (Wildman–Crippen MR) is 615 cm³/mol. The molecule has 0 aliphatic heterocycles. The highest BCUT2D eigenvalue weighted by Crippen LogP contribution is 2.39. The summed E-state index contributed by atoms with van der Waals surface area (Å²) in [5.41, 5.74) is 5.14. The Labute approximate surface area is 833 Å². The SMILES string of the molecule is CC(C)CCCC(C)CCC(C)(C)C.CCC(C)C(C)(C)C.CCCC(C)C(C)(C)C.CCCCC(C)C(C)(C)C.CCCCC(CC)C(C)(C)C.CCCCC(CC)CC(C)(C)C.CCCCC(CCCC)CC(C)(C)C.CCCCCCC(C)C(C)(C)C.CCCCCCC(CCCCCC)C(C)(C)C.CCCCCCCCC(CCCCCCCC)CC(C)(C)C. The highest BCUT2D eigenvalue weighted by Gasteiger charge is 2.27. The first-order valence-corrected chi connectivity index (χ1v) is 59.3. The van der Waals surface area contributed by atoms with Gasteiger partial charge in [-0.3, -0.25) is 0 Å². The summed E-state index contributed by atoms with van der Waals surface area (Å²) < 4.78 is 0. The van der Waals surface area contributed by atoms with E-state index in [2.05, 4.69) is 353 Å². The molecule has 0 aromatic carbocycles. The van der Waals surface area contributed by atoms with Gasteiger partial charge in [0, 0.05) is 0 Å². The zero-order valence-electron chi connectivity index (χ0n) is 103. The van der Waals surface area contributed by atoms with E-state index in [1.54, 1.807) is 0 Å².